The van der Waals surface area contributed by atoms with Crippen LogP contribution in [-0.4, -0.2) is 65.1 Å². The third kappa shape index (κ3) is 4.69. The van der Waals surface area contributed by atoms with Crippen LogP contribution >= 0.6 is 0 Å². The van der Waals surface area contributed by atoms with E-state index in [9.17, 15) is 0 Å². The number of hydrogen-bond acceptors (Lipinski definition) is 3. The number of rotatable bonds is 5. The lowest BCUT2D eigenvalue weighted by atomic mass is 9.93. The Balaban J connectivity index is 1.44. The van der Waals surface area contributed by atoms with Gasteiger partial charge >= 0.3 is 0 Å². The van der Waals surface area contributed by atoms with Crippen LogP contribution in [0.3, 0.4) is 0 Å². The molecule has 0 amide bonds. The van der Waals surface area contributed by atoms with E-state index in [0.29, 0.717) is 18.0 Å². The molecule has 6 nitrogen and oxygen atoms in total. The topological polar surface area (TPSA) is 48.7 Å². The standard InChI is InChI=1S/C24H36N6/c1-19-6-8-21(9-7-19)22(28-12-4-5-13-28)16-27-24(25-3)29-14-10-20(2)23(17-29)30-15-11-26-18-30/h6-9,11,15,18,20,22-23H,4-5,10,12-14,16-17H2,1-3H3,(H,25,27). The quantitative estimate of drug-likeness (QED) is 0.608. The van der Waals surface area contributed by atoms with Gasteiger partial charge in [0, 0.05) is 39.1 Å². The van der Waals surface area contributed by atoms with E-state index >= 15 is 0 Å². The van der Waals surface area contributed by atoms with Gasteiger partial charge in [0.05, 0.1) is 18.4 Å². The summed E-state index contributed by atoms with van der Waals surface area (Å²) < 4.78 is 2.25. The molecule has 1 N–H and O–H groups in total. The van der Waals surface area contributed by atoms with Crippen molar-refractivity contribution in [1.82, 2.24) is 24.7 Å². The molecule has 30 heavy (non-hydrogen) atoms. The highest BCUT2D eigenvalue weighted by Gasteiger charge is 2.30. The lowest BCUT2D eigenvalue weighted by Crippen LogP contribution is -2.50. The molecule has 3 heterocycles. The highest BCUT2D eigenvalue weighted by molar-refractivity contribution is 5.80. The van der Waals surface area contributed by atoms with Gasteiger partial charge in [0.2, 0.25) is 0 Å². The molecule has 3 unspecified atom stereocenters. The molecule has 0 bridgehead atoms. The average Bonchev–Trinajstić information content (AvgIpc) is 3.47. The molecule has 3 atom stereocenters. The van der Waals surface area contributed by atoms with Gasteiger partial charge in [0.15, 0.2) is 5.96 Å². The maximum Gasteiger partial charge on any atom is 0.193 e. The lowest BCUT2D eigenvalue weighted by molar-refractivity contribution is 0.186. The Labute approximate surface area is 181 Å². The van der Waals surface area contributed by atoms with Crippen LogP contribution in [0.15, 0.2) is 48.0 Å². The number of nitrogens with one attached hydrogen (secondary N) is 1. The van der Waals surface area contributed by atoms with E-state index in [1.165, 1.54) is 37.1 Å². The summed E-state index contributed by atoms with van der Waals surface area (Å²) in [4.78, 5) is 13.9. The fourth-order valence-corrected chi connectivity index (χ4v) is 4.91. The monoisotopic (exact) mass is 408 g/mol. The second kappa shape index (κ2) is 9.65. The van der Waals surface area contributed by atoms with Crippen molar-refractivity contribution in [2.24, 2.45) is 10.9 Å². The van der Waals surface area contributed by atoms with E-state index in [1.54, 1.807) is 0 Å². The zero-order chi connectivity index (χ0) is 20.9. The second-order valence-corrected chi connectivity index (χ2v) is 8.89. The molecule has 1 aromatic carbocycles. The molecule has 4 rings (SSSR count). The van der Waals surface area contributed by atoms with Gasteiger partial charge in [0.1, 0.15) is 0 Å². The number of nitrogens with zero attached hydrogens (tertiary/aromatic N) is 5. The predicted octanol–water partition coefficient (Wildman–Crippen LogP) is 3.49. The number of guanidine groups is 1. The second-order valence-electron chi connectivity index (χ2n) is 8.89. The Morgan fingerprint density at radius 2 is 1.97 bits per heavy atom. The van der Waals surface area contributed by atoms with Gasteiger partial charge in [-0.1, -0.05) is 36.8 Å². The lowest BCUT2D eigenvalue weighted by Gasteiger charge is -2.40. The van der Waals surface area contributed by atoms with Crippen LogP contribution in [0.4, 0.5) is 0 Å². The van der Waals surface area contributed by atoms with Crippen molar-refractivity contribution in [2.75, 3.05) is 39.8 Å². The van der Waals surface area contributed by atoms with Crippen LogP contribution in [-0.2, 0) is 0 Å². The van der Waals surface area contributed by atoms with Crippen molar-refractivity contribution in [3.05, 3.63) is 54.1 Å². The molecule has 0 radical (unpaired) electrons. The first-order chi connectivity index (χ1) is 14.7. The molecule has 162 valence electrons. The average molecular weight is 409 g/mol. The molecule has 2 aliphatic rings. The maximum absolute atomic E-state index is 4.65. The molecule has 0 aliphatic carbocycles. The van der Waals surface area contributed by atoms with Gasteiger partial charge in [-0.3, -0.25) is 9.89 Å². The third-order valence-electron chi connectivity index (χ3n) is 6.83. The molecule has 6 heteroatoms. The van der Waals surface area contributed by atoms with Crippen LogP contribution in [0.25, 0.3) is 0 Å². The van der Waals surface area contributed by atoms with E-state index in [2.05, 4.69) is 74.0 Å². The largest absolute Gasteiger partial charge is 0.354 e. The van der Waals surface area contributed by atoms with Crippen molar-refractivity contribution >= 4 is 5.96 Å². The van der Waals surface area contributed by atoms with Crippen molar-refractivity contribution in [1.29, 1.82) is 0 Å². The Bertz CT molecular complexity index is 807. The first-order valence-electron chi connectivity index (χ1n) is 11.4. The predicted molar refractivity (Wildman–Crippen MR) is 123 cm³/mol. The summed E-state index contributed by atoms with van der Waals surface area (Å²) in [5.41, 5.74) is 2.71. The van der Waals surface area contributed by atoms with E-state index < -0.39 is 0 Å². The van der Waals surface area contributed by atoms with Crippen molar-refractivity contribution in [3.63, 3.8) is 0 Å². The number of hydrogen-bond donors (Lipinski definition) is 1. The van der Waals surface area contributed by atoms with E-state index in [-0.39, 0.29) is 0 Å². The van der Waals surface area contributed by atoms with Crippen LogP contribution in [0, 0.1) is 12.8 Å². The summed E-state index contributed by atoms with van der Waals surface area (Å²) in [6.07, 6.45) is 9.67. The van der Waals surface area contributed by atoms with Crippen LogP contribution in [0.2, 0.25) is 0 Å². The minimum atomic E-state index is 0.387. The number of aromatic nitrogens is 2. The number of benzene rings is 1. The Hall–Kier alpha value is -2.34. The van der Waals surface area contributed by atoms with E-state index in [1.807, 2.05) is 19.6 Å². The summed E-state index contributed by atoms with van der Waals surface area (Å²) in [6, 6.07) is 9.87. The number of aryl methyl sites for hydroxylation is 1. The first-order valence-corrected chi connectivity index (χ1v) is 11.4. The molecule has 1 aromatic heterocycles. The Kier molecular flexibility index (Phi) is 6.72. The molecule has 2 aliphatic heterocycles. The van der Waals surface area contributed by atoms with Crippen molar-refractivity contribution < 1.29 is 0 Å². The molecule has 2 aromatic rings. The minimum absolute atomic E-state index is 0.387. The summed E-state index contributed by atoms with van der Waals surface area (Å²) in [7, 11) is 1.91. The fourth-order valence-electron chi connectivity index (χ4n) is 4.91. The third-order valence-corrected chi connectivity index (χ3v) is 6.83. The summed E-state index contributed by atoms with van der Waals surface area (Å²) in [6.45, 7) is 9.77. The molecular formula is C24H36N6. The smallest absolute Gasteiger partial charge is 0.193 e. The van der Waals surface area contributed by atoms with Crippen LogP contribution in [0.1, 0.15) is 49.4 Å². The number of imidazole rings is 1. The van der Waals surface area contributed by atoms with Gasteiger partial charge in [-0.15, -0.1) is 0 Å². The number of aliphatic imine (C=N–C) groups is 1. The Morgan fingerprint density at radius 3 is 2.63 bits per heavy atom. The van der Waals surface area contributed by atoms with Crippen molar-refractivity contribution in [2.45, 2.75) is 45.2 Å². The zero-order valence-corrected chi connectivity index (χ0v) is 18.7. The zero-order valence-electron chi connectivity index (χ0n) is 18.7. The summed E-state index contributed by atoms with van der Waals surface area (Å²) >= 11 is 0. The van der Waals surface area contributed by atoms with Crippen LogP contribution < -0.4 is 5.32 Å². The molecule has 2 saturated heterocycles. The molecule has 2 fully saturated rings. The number of piperidine rings is 1. The SMILES string of the molecule is CN=C(NCC(c1ccc(C)cc1)N1CCCC1)N1CCC(C)C(n2ccnc2)C1. The first kappa shape index (κ1) is 20.9. The van der Waals surface area contributed by atoms with Gasteiger partial charge in [-0.2, -0.15) is 0 Å². The van der Waals surface area contributed by atoms with Crippen LogP contribution in [0.5, 0.6) is 0 Å². The number of likely N-dealkylation sites (tertiary alicyclic amines) is 2. The van der Waals surface area contributed by atoms with E-state index in [0.717, 1.165) is 32.0 Å². The highest BCUT2D eigenvalue weighted by Crippen LogP contribution is 2.28. The van der Waals surface area contributed by atoms with Gasteiger partial charge < -0.3 is 14.8 Å². The van der Waals surface area contributed by atoms with Gasteiger partial charge in [0.25, 0.3) is 0 Å². The van der Waals surface area contributed by atoms with Crippen molar-refractivity contribution in [3.8, 4) is 0 Å². The highest BCUT2D eigenvalue weighted by atomic mass is 15.3. The van der Waals surface area contributed by atoms with Gasteiger partial charge in [-0.25, -0.2) is 4.98 Å². The maximum atomic E-state index is 4.65. The normalized spacial score (nSPS) is 24.2. The van der Waals surface area contributed by atoms with Gasteiger partial charge in [-0.05, 0) is 50.8 Å². The molecular weight excluding hydrogens is 372 g/mol. The Morgan fingerprint density at radius 1 is 1.20 bits per heavy atom. The molecule has 0 spiro atoms. The van der Waals surface area contributed by atoms with E-state index in [4.69, 9.17) is 0 Å². The summed E-state index contributed by atoms with van der Waals surface area (Å²) in [5, 5.41) is 3.72. The summed E-state index contributed by atoms with van der Waals surface area (Å²) in [5.74, 6) is 1.65. The fraction of sp³-hybridized carbons (Fsp3) is 0.583. The minimum Gasteiger partial charge on any atom is -0.354 e. The molecule has 0 saturated carbocycles.